The Morgan fingerprint density at radius 3 is 1.25 bits per heavy atom. The van der Waals surface area contributed by atoms with E-state index in [-0.39, 0.29) is 0 Å². The Balaban J connectivity index is 1.15. The Bertz CT molecular complexity index is 2290. The first-order valence-electron chi connectivity index (χ1n) is 15.9. The van der Waals surface area contributed by atoms with Crippen molar-refractivity contribution in [2.24, 2.45) is 0 Å². The molecular weight excluding hydrogens is 611 g/mol. The third-order valence-corrected chi connectivity index (χ3v) is 12.3. The Kier molecular flexibility index (Phi) is 6.46. The van der Waals surface area contributed by atoms with Crippen molar-refractivity contribution in [1.82, 2.24) is 9.97 Å². The molecule has 0 spiro atoms. The van der Waals surface area contributed by atoms with E-state index in [1.807, 2.05) is 93.2 Å². The van der Waals surface area contributed by atoms with Gasteiger partial charge >= 0.3 is 0 Å². The number of hydrogen-bond donors (Lipinski definition) is 0. The molecule has 0 N–H and O–H groups in total. The van der Waals surface area contributed by atoms with Gasteiger partial charge in [0.05, 0.1) is 10.6 Å². The van der Waals surface area contributed by atoms with E-state index in [2.05, 4.69) is 70.6 Å². The molecule has 4 heterocycles. The second-order valence-electron chi connectivity index (χ2n) is 12.4. The van der Waals surface area contributed by atoms with Crippen LogP contribution in [0.25, 0.3) is 44.5 Å². The Hall–Kier alpha value is -5.77. The normalized spacial score (nSPS) is 13.4. The highest BCUT2D eigenvalue weighted by atomic mass is 31.2. The second kappa shape index (κ2) is 10.9. The molecule has 0 amide bonds. The summed E-state index contributed by atoms with van der Waals surface area (Å²) in [5.74, 6) is 2.34. The van der Waals surface area contributed by atoms with Crippen molar-refractivity contribution in [1.29, 1.82) is 0 Å². The molecule has 0 aliphatic carbocycles. The monoisotopic (exact) mass is 640 g/mol. The van der Waals surface area contributed by atoms with Gasteiger partial charge in [0.25, 0.3) is 0 Å². The highest BCUT2D eigenvalue weighted by molar-refractivity contribution is 7.86. The van der Waals surface area contributed by atoms with Gasteiger partial charge in [-0.1, -0.05) is 66.7 Å². The highest BCUT2D eigenvalue weighted by Crippen LogP contribution is 2.59. The number of aromatic nitrogens is 2. The molecule has 0 bridgehead atoms. The third kappa shape index (κ3) is 4.58. The molecule has 230 valence electrons. The van der Waals surface area contributed by atoms with Gasteiger partial charge in [0.15, 0.2) is 7.14 Å². The molecule has 2 aliphatic rings. The molecule has 0 unspecified atom stereocenters. The molecule has 0 radical (unpaired) electrons. The minimum absolute atomic E-state index is 0.569. The lowest BCUT2D eigenvalue weighted by atomic mass is 10.0. The summed E-state index contributed by atoms with van der Waals surface area (Å²) in [5.41, 5.74) is 10.6. The molecule has 2 aliphatic heterocycles. The van der Waals surface area contributed by atoms with Crippen LogP contribution in [0.5, 0.6) is 23.0 Å². The smallest absolute Gasteiger partial charge is 0.185 e. The standard InChI is InChI=1S/C42H29N2O3P/c1-26-18-34(24-43-22-26)30-10-6-28(7-11-30)32-14-16-36-40(20-32)48(45)41-21-33(15-17-37(41)47-39-5-3-4-38(46-36)42(39)48)29-8-12-31(13-9-29)35-19-27(2)23-44-25-35/h3-25H,1-2H3. The summed E-state index contributed by atoms with van der Waals surface area (Å²) < 4.78 is 28.7. The van der Waals surface area contributed by atoms with E-state index < -0.39 is 7.14 Å². The van der Waals surface area contributed by atoms with Crippen LogP contribution in [-0.4, -0.2) is 9.97 Å². The van der Waals surface area contributed by atoms with Gasteiger partial charge in [-0.2, -0.15) is 0 Å². The van der Waals surface area contributed by atoms with E-state index in [9.17, 15) is 0 Å². The van der Waals surface area contributed by atoms with Crippen LogP contribution in [0, 0.1) is 13.8 Å². The quantitative estimate of drug-likeness (QED) is 0.179. The Labute approximate surface area is 278 Å². The number of benzene rings is 5. The van der Waals surface area contributed by atoms with Crippen molar-refractivity contribution in [2.45, 2.75) is 13.8 Å². The topological polar surface area (TPSA) is 61.3 Å². The van der Waals surface area contributed by atoms with Gasteiger partial charge in [-0.25, -0.2) is 0 Å². The van der Waals surface area contributed by atoms with E-state index in [0.717, 1.165) is 55.6 Å². The van der Waals surface area contributed by atoms with Gasteiger partial charge in [-0.3, -0.25) is 9.97 Å². The van der Waals surface area contributed by atoms with Crippen molar-refractivity contribution in [3.63, 3.8) is 0 Å². The lowest BCUT2D eigenvalue weighted by Gasteiger charge is -2.35. The minimum Gasteiger partial charge on any atom is -0.456 e. The molecule has 0 atom stereocenters. The second-order valence-corrected chi connectivity index (χ2v) is 15.1. The fourth-order valence-corrected chi connectivity index (χ4v) is 9.88. The first-order valence-corrected chi connectivity index (χ1v) is 17.6. The number of hydrogen-bond acceptors (Lipinski definition) is 5. The van der Waals surface area contributed by atoms with Crippen molar-refractivity contribution in [3.05, 3.63) is 151 Å². The van der Waals surface area contributed by atoms with E-state index in [1.165, 1.54) is 0 Å². The van der Waals surface area contributed by atoms with Crippen LogP contribution in [0.3, 0.4) is 0 Å². The number of ether oxygens (including phenoxy) is 2. The van der Waals surface area contributed by atoms with E-state index in [1.54, 1.807) is 0 Å². The molecule has 0 saturated carbocycles. The zero-order chi connectivity index (χ0) is 32.4. The maximum Gasteiger partial charge on any atom is 0.185 e. The molecule has 0 fully saturated rings. The lowest BCUT2D eigenvalue weighted by Crippen LogP contribution is -2.35. The SMILES string of the molecule is Cc1cncc(-c2ccc(-c3ccc4c(c3)P3(=O)c5cc(-c6ccc(-c7cncc(C)c7)cc6)ccc5Oc5cccc(c53)O4)cc2)c1. The maximum atomic E-state index is 15.9. The van der Waals surface area contributed by atoms with Crippen LogP contribution >= 0.6 is 7.14 Å². The predicted octanol–water partition coefficient (Wildman–Crippen LogP) is 9.61. The molecule has 48 heavy (non-hydrogen) atoms. The summed E-state index contributed by atoms with van der Waals surface area (Å²) in [5, 5.41) is 1.97. The Morgan fingerprint density at radius 2 is 0.833 bits per heavy atom. The fourth-order valence-electron chi connectivity index (χ4n) is 6.78. The average Bonchev–Trinajstić information content (AvgIpc) is 3.12. The minimum atomic E-state index is -3.40. The van der Waals surface area contributed by atoms with Gasteiger partial charge in [-0.05, 0) is 107 Å². The number of rotatable bonds is 4. The highest BCUT2D eigenvalue weighted by Gasteiger charge is 2.46. The zero-order valence-electron chi connectivity index (χ0n) is 26.3. The molecule has 9 rings (SSSR count). The molecule has 5 aromatic carbocycles. The average molecular weight is 641 g/mol. The first kappa shape index (κ1) is 28.5. The van der Waals surface area contributed by atoms with Crippen LogP contribution < -0.4 is 25.4 Å². The van der Waals surface area contributed by atoms with Crippen LogP contribution in [-0.2, 0) is 4.57 Å². The predicted molar refractivity (Wildman–Crippen MR) is 193 cm³/mol. The third-order valence-electron chi connectivity index (χ3n) is 9.17. The molecular formula is C42H29N2O3P. The van der Waals surface area contributed by atoms with E-state index >= 15 is 4.57 Å². The van der Waals surface area contributed by atoms with Crippen molar-refractivity contribution >= 4 is 23.1 Å². The van der Waals surface area contributed by atoms with Crippen molar-refractivity contribution in [2.75, 3.05) is 0 Å². The number of aryl methyl sites for hydroxylation is 2. The fraction of sp³-hybridized carbons (Fsp3) is 0.0476. The molecule has 0 saturated heterocycles. The lowest BCUT2D eigenvalue weighted by molar-refractivity contribution is 0.462. The maximum absolute atomic E-state index is 15.9. The summed E-state index contributed by atoms with van der Waals surface area (Å²) in [6.45, 7) is 4.09. The largest absolute Gasteiger partial charge is 0.456 e. The summed E-state index contributed by atoms with van der Waals surface area (Å²) in [6.07, 6.45) is 7.48. The van der Waals surface area contributed by atoms with Crippen LogP contribution in [0.2, 0.25) is 0 Å². The van der Waals surface area contributed by atoms with E-state index in [4.69, 9.17) is 9.47 Å². The number of pyridine rings is 2. The molecule has 6 heteroatoms. The van der Waals surface area contributed by atoms with Gasteiger partial charge < -0.3 is 14.0 Å². The Morgan fingerprint density at radius 1 is 0.438 bits per heavy atom. The molecule has 5 nitrogen and oxygen atoms in total. The summed E-state index contributed by atoms with van der Waals surface area (Å²) in [4.78, 5) is 8.70. The first-order chi connectivity index (χ1) is 23.4. The molecule has 2 aromatic heterocycles. The van der Waals surface area contributed by atoms with Crippen LogP contribution in [0.4, 0.5) is 0 Å². The van der Waals surface area contributed by atoms with Crippen molar-refractivity contribution < 1.29 is 14.0 Å². The van der Waals surface area contributed by atoms with Gasteiger partial charge in [0.1, 0.15) is 28.3 Å². The summed E-state index contributed by atoms with van der Waals surface area (Å²) in [7, 11) is -3.40. The zero-order valence-corrected chi connectivity index (χ0v) is 27.2. The molecule has 7 aromatic rings. The number of nitrogens with zero attached hydrogens (tertiary/aromatic N) is 2. The van der Waals surface area contributed by atoms with Gasteiger partial charge in [0, 0.05) is 35.9 Å². The van der Waals surface area contributed by atoms with Crippen LogP contribution in [0.1, 0.15) is 11.1 Å². The van der Waals surface area contributed by atoms with Crippen molar-refractivity contribution in [3.8, 4) is 67.5 Å². The van der Waals surface area contributed by atoms with Gasteiger partial charge in [0.2, 0.25) is 0 Å². The summed E-state index contributed by atoms with van der Waals surface area (Å²) in [6, 6.07) is 38.7. The van der Waals surface area contributed by atoms with Gasteiger partial charge in [-0.15, -0.1) is 0 Å². The number of fused-ring (bicyclic) bond motifs is 4. The van der Waals surface area contributed by atoms with Crippen LogP contribution in [0.15, 0.2) is 140 Å². The van der Waals surface area contributed by atoms with E-state index in [0.29, 0.717) is 38.9 Å². The summed E-state index contributed by atoms with van der Waals surface area (Å²) >= 11 is 0.